The van der Waals surface area contributed by atoms with E-state index in [0.717, 1.165) is 44.0 Å². The minimum Gasteiger partial charge on any atom is -0.493 e. The number of likely N-dealkylation sites (tertiary alicyclic amines) is 1. The van der Waals surface area contributed by atoms with Gasteiger partial charge in [-0.2, -0.15) is 26.3 Å². The van der Waals surface area contributed by atoms with Gasteiger partial charge < -0.3 is 9.64 Å². The van der Waals surface area contributed by atoms with Crippen molar-refractivity contribution in [1.29, 1.82) is 0 Å². The number of benzene rings is 2. The summed E-state index contributed by atoms with van der Waals surface area (Å²) in [6.07, 6.45) is -5.13. The molecule has 3 rings (SSSR count). The molecule has 2 aromatic carbocycles. The highest BCUT2D eigenvalue weighted by Crippen LogP contribution is 2.41. The molecule has 0 aliphatic carbocycles. The lowest BCUT2D eigenvalue weighted by molar-refractivity contribution is -0.139. The van der Waals surface area contributed by atoms with Gasteiger partial charge in [-0.25, -0.2) is 0 Å². The molecule has 1 fully saturated rings. The van der Waals surface area contributed by atoms with E-state index in [-0.39, 0.29) is 29.8 Å². The number of piperidine rings is 1. The number of halogens is 6. The van der Waals surface area contributed by atoms with Gasteiger partial charge in [-0.15, -0.1) is 0 Å². The number of hydrogen-bond acceptors (Lipinski definition) is 2. The quantitative estimate of drug-likeness (QED) is 0.293. The summed E-state index contributed by atoms with van der Waals surface area (Å²) in [6, 6.07) is 10.0. The average molecular weight is 474 g/mol. The molecule has 1 heterocycles. The van der Waals surface area contributed by atoms with Crippen molar-refractivity contribution in [1.82, 2.24) is 4.90 Å². The summed E-state index contributed by atoms with van der Waals surface area (Å²) in [5, 5.41) is 0. The zero-order chi connectivity index (χ0) is 24.1. The third-order valence-corrected chi connectivity index (χ3v) is 6.21. The van der Waals surface area contributed by atoms with E-state index in [4.69, 9.17) is 4.74 Å². The highest BCUT2D eigenvalue weighted by Gasteiger charge is 2.39. The minimum atomic E-state index is -4.45. The van der Waals surface area contributed by atoms with Crippen LogP contribution in [0.25, 0.3) is 0 Å². The van der Waals surface area contributed by atoms with Gasteiger partial charge in [0.25, 0.3) is 0 Å². The van der Waals surface area contributed by atoms with E-state index in [1.807, 2.05) is 0 Å². The van der Waals surface area contributed by atoms with Gasteiger partial charge in [0, 0.05) is 12.5 Å². The van der Waals surface area contributed by atoms with Crippen LogP contribution >= 0.6 is 0 Å². The molecular weight excluding hydrogens is 444 g/mol. The van der Waals surface area contributed by atoms with Crippen molar-refractivity contribution in [2.45, 2.75) is 50.9 Å². The van der Waals surface area contributed by atoms with Crippen LogP contribution in [0.2, 0.25) is 0 Å². The number of ether oxygens (including phenoxy) is 1. The van der Waals surface area contributed by atoms with Gasteiger partial charge in [-0.3, -0.25) is 0 Å². The fourth-order valence-electron chi connectivity index (χ4n) is 4.50. The maximum atomic E-state index is 13.7. The summed E-state index contributed by atoms with van der Waals surface area (Å²) in [7, 11) is 0. The highest BCUT2D eigenvalue weighted by molar-refractivity contribution is 5.34. The van der Waals surface area contributed by atoms with E-state index in [0.29, 0.717) is 19.5 Å². The molecule has 33 heavy (non-hydrogen) atoms. The summed E-state index contributed by atoms with van der Waals surface area (Å²) in [5.74, 6) is -0.292. The number of hydrogen-bond donors (Lipinski definition) is 0. The largest absolute Gasteiger partial charge is 0.493 e. The second-order valence-corrected chi connectivity index (χ2v) is 8.58. The van der Waals surface area contributed by atoms with Gasteiger partial charge in [-0.05, 0) is 67.7 Å². The molecule has 1 aliphatic rings. The molecule has 0 spiro atoms. The van der Waals surface area contributed by atoms with Crippen molar-refractivity contribution in [2.75, 3.05) is 26.2 Å². The first-order valence-electron chi connectivity index (χ1n) is 11.3. The normalized spacial score (nSPS) is 20.1. The molecule has 2 nitrogen and oxygen atoms in total. The monoisotopic (exact) mass is 473 g/mol. The van der Waals surface area contributed by atoms with Crippen LogP contribution in [0, 0.1) is 5.92 Å². The summed E-state index contributed by atoms with van der Waals surface area (Å²) in [4.78, 5) is 2.25. The van der Waals surface area contributed by atoms with Gasteiger partial charge in [-0.1, -0.05) is 38.0 Å². The van der Waals surface area contributed by atoms with Crippen molar-refractivity contribution in [3.8, 4) is 5.75 Å². The van der Waals surface area contributed by atoms with Crippen molar-refractivity contribution < 1.29 is 31.1 Å². The standard InChI is InChI=1S/C25H29F6NO/c1-2-3-6-14-32-15-13-21(22-7-4-5-8-23(22)25(29,30)31)18(16-32)17-33-20-11-9-19(10-12-20)24(26,27)28/h4-5,7-12,18,21H,2-3,6,13-17H2,1H3/t18-,21+/m0/s1. The summed E-state index contributed by atoms with van der Waals surface area (Å²) in [6.45, 7) is 4.41. The number of unbranched alkanes of at least 4 members (excludes halogenated alkanes) is 2. The molecule has 0 saturated carbocycles. The Morgan fingerprint density at radius 3 is 2.24 bits per heavy atom. The van der Waals surface area contributed by atoms with Gasteiger partial charge >= 0.3 is 12.4 Å². The lowest BCUT2D eigenvalue weighted by Gasteiger charge is -2.39. The van der Waals surface area contributed by atoms with E-state index in [2.05, 4.69) is 11.8 Å². The third-order valence-electron chi connectivity index (χ3n) is 6.21. The predicted molar refractivity (Wildman–Crippen MR) is 115 cm³/mol. The van der Waals surface area contributed by atoms with Crippen molar-refractivity contribution in [3.63, 3.8) is 0 Å². The second-order valence-electron chi connectivity index (χ2n) is 8.58. The topological polar surface area (TPSA) is 12.5 Å². The molecule has 1 saturated heterocycles. The lowest BCUT2D eigenvalue weighted by Crippen LogP contribution is -2.42. The molecule has 0 N–H and O–H groups in total. The van der Waals surface area contributed by atoms with Crippen LogP contribution in [0.1, 0.15) is 55.2 Å². The maximum Gasteiger partial charge on any atom is 0.416 e. The molecule has 0 amide bonds. The van der Waals surface area contributed by atoms with E-state index in [9.17, 15) is 26.3 Å². The first-order valence-corrected chi connectivity index (χ1v) is 11.3. The SMILES string of the molecule is CCCCCN1CC[C@@H](c2ccccc2C(F)(F)F)[C@H](COc2ccc(C(F)(F)F)cc2)C1. The molecule has 8 heteroatoms. The Morgan fingerprint density at radius 2 is 1.61 bits per heavy atom. The second kappa shape index (κ2) is 10.8. The van der Waals surface area contributed by atoms with Gasteiger partial charge in [0.05, 0.1) is 17.7 Å². The zero-order valence-electron chi connectivity index (χ0n) is 18.6. The molecule has 0 aromatic heterocycles. The van der Waals surface area contributed by atoms with Crippen LogP contribution in [0.15, 0.2) is 48.5 Å². The Morgan fingerprint density at radius 1 is 0.909 bits per heavy atom. The average Bonchev–Trinajstić information content (AvgIpc) is 2.77. The fraction of sp³-hybridized carbons (Fsp3) is 0.520. The molecule has 182 valence electrons. The smallest absolute Gasteiger partial charge is 0.416 e. The van der Waals surface area contributed by atoms with Crippen molar-refractivity contribution in [3.05, 3.63) is 65.2 Å². The van der Waals surface area contributed by atoms with Gasteiger partial charge in [0.15, 0.2) is 0 Å². The first kappa shape index (κ1) is 25.4. The van der Waals surface area contributed by atoms with Crippen LogP contribution in [-0.4, -0.2) is 31.1 Å². The fourth-order valence-corrected chi connectivity index (χ4v) is 4.50. The van der Waals surface area contributed by atoms with Crippen molar-refractivity contribution >= 4 is 0 Å². The lowest BCUT2D eigenvalue weighted by atomic mass is 9.78. The molecule has 2 atom stereocenters. The molecule has 1 aliphatic heterocycles. The Labute approximate surface area is 190 Å². The zero-order valence-corrected chi connectivity index (χ0v) is 18.6. The molecule has 0 bridgehead atoms. The predicted octanol–water partition coefficient (Wildman–Crippen LogP) is 7.40. The number of nitrogens with zero attached hydrogens (tertiary/aromatic N) is 1. The summed E-state index contributed by atoms with van der Waals surface area (Å²) < 4.78 is 85.2. The Bertz CT molecular complexity index is 878. The van der Waals surface area contributed by atoms with Gasteiger partial charge in [0.2, 0.25) is 0 Å². The first-order chi connectivity index (χ1) is 15.6. The van der Waals surface area contributed by atoms with Crippen LogP contribution in [0.3, 0.4) is 0 Å². The third kappa shape index (κ3) is 6.88. The molecule has 2 aromatic rings. The van der Waals surface area contributed by atoms with Crippen LogP contribution in [0.4, 0.5) is 26.3 Å². The Balaban J connectivity index is 1.78. The minimum absolute atomic E-state index is 0.131. The summed E-state index contributed by atoms with van der Waals surface area (Å²) in [5.41, 5.74) is -1.14. The summed E-state index contributed by atoms with van der Waals surface area (Å²) >= 11 is 0. The van der Waals surface area contributed by atoms with Crippen LogP contribution in [-0.2, 0) is 12.4 Å². The van der Waals surface area contributed by atoms with Crippen molar-refractivity contribution in [2.24, 2.45) is 5.92 Å². The van der Waals surface area contributed by atoms with E-state index in [1.54, 1.807) is 6.07 Å². The highest BCUT2D eigenvalue weighted by atomic mass is 19.4. The van der Waals surface area contributed by atoms with E-state index >= 15 is 0 Å². The van der Waals surface area contributed by atoms with Crippen LogP contribution in [0.5, 0.6) is 5.75 Å². The number of rotatable bonds is 8. The Kier molecular flexibility index (Phi) is 8.32. The van der Waals surface area contributed by atoms with E-state index < -0.39 is 23.5 Å². The van der Waals surface area contributed by atoms with Crippen LogP contribution < -0.4 is 4.74 Å². The molecular formula is C25H29F6NO. The van der Waals surface area contributed by atoms with E-state index in [1.165, 1.54) is 24.3 Å². The molecule has 0 radical (unpaired) electrons. The maximum absolute atomic E-state index is 13.7. The molecule has 0 unspecified atom stereocenters. The number of alkyl halides is 6. The Hall–Kier alpha value is -2.22. The van der Waals surface area contributed by atoms with Gasteiger partial charge in [0.1, 0.15) is 5.75 Å².